The summed E-state index contributed by atoms with van der Waals surface area (Å²) in [5.74, 6) is 1.72. The lowest BCUT2D eigenvalue weighted by atomic mass is 9.90. The number of Topliss-reactive ketones (excluding diaryl/α,β-unsaturated/α-hetero) is 1. The van der Waals surface area contributed by atoms with Crippen molar-refractivity contribution in [2.75, 3.05) is 13.1 Å². The van der Waals surface area contributed by atoms with Gasteiger partial charge in [-0.05, 0) is 56.0 Å². The predicted octanol–water partition coefficient (Wildman–Crippen LogP) is 6.28. The molecule has 0 amide bonds. The molecule has 2 aromatic carbocycles. The number of likely N-dealkylation sites (tertiary alicyclic amines) is 1. The van der Waals surface area contributed by atoms with E-state index in [1.807, 2.05) is 79.0 Å². The first-order valence-corrected chi connectivity index (χ1v) is 12.0. The first kappa shape index (κ1) is 22.2. The van der Waals surface area contributed by atoms with Crippen molar-refractivity contribution >= 4 is 5.78 Å². The summed E-state index contributed by atoms with van der Waals surface area (Å²) < 4.78 is 5.58. The van der Waals surface area contributed by atoms with Gasteiger partial charge >= 0.3 is 0 Å². The zero-order valence-corrected chi connectivity index (χ0v) is 19.3. The maximum atomic E-state index is 12.9. The van der Waals surface area contributed by atoms with Crippen molar-refractivity contribution in [2.45, 2.75) is 32.2 Å². The van der Waals surface area contributed by atoms with Gasteiger partial charge in [-0.1, -0.05) is 59.8 Å². The first-order valence-electron chi connectivity index (χ1n) is 12.0. The summed E-state index contributed by atoms with van der Waals surface area (Å²) in [5.41, 5.74) is 4.82. The number of rotatable bonds is 8. The zero-order chi connectivity index (χ0) is 23.2. The molecule has 0 saturated carbocycles. The molecule has 0 aliphatic carbocycles. The summed E-state index contributed by atoms with van der Waals surface area (Å²) in [7, 11) is 0. The van der Waals surface area contributed by atoms with E-state index in [1.165, 1.54) is 0 Å². The molecule has 4 aromatic rings. The Kier molecular flexibility index (Phi) is 6.91. The molecule has 0 atom stereocenters. The van der Waals surface area contributed by atoms with Crippen LogP contribution in [0.1, 0.15) is 41.8 Å². The fraction of sp³-hybridized carbons (Fsp3) is 0.276. The molecule has 1 saturated heterocycles. The van der Waals surface area contributed by atoms with Crippen LogP contribution in [0, 0.1) is 5.92 Å². The number of aromatic nitrogens is 2. The van der Waals surface area contributed by atoms with Crippen molar-refractivity contribution in [3.8, 4) is 22.4 Å². The van der Waals surface area contributed by atoms with Gasteiger partial charge in [0.2, 0.25) is 0 Å². The Bertz CT molecular complexity index is 1210. The van der Waals surface area contributed by atoms with E-state index < -0.39 is 0 Å². The van der Waals surface area contributed by atoms with E-state index in [0.717, 1.165) is 72.6 Å². The highest BCUT2D eigenvalue weighted by atomic mass is 16.5. The van der Waals surface area contributed by atoms with E-state index >= 15 is 0 Å². The number of hydrogen-bond acceptors (Lipinski definition) is 5. The van der Waals surface area contributed by atoms with Crippen LogP contribution >= 0.6 is 0 Å². The smallest absolute Gasteiger partial charge is 0.162 e. The van der Waals surface area contributed by atoms with Gasteiger partial charge in [0, 0.05) is 41.6 Å². The van der Waals surface area contributed by atoms with E-state index in [2.05, 4.69) is 15.0 Å². The van der Waals surface area contributed by atoms with E-state index in [9.17, 15) is 4.79 Å². The fourth-order valence-electron chi connectivity index (χ4n) is 4.67. The molecule has 172 valence electrons. The Balaban J connectivity index is 1.09. The van der Waals surface area contributed by atoms with Gasteiger partial charge < -0.3 is 4.52 Å². The fourth-order valence-corrected chi connectivity index (χ4v) is 4.67. The third-order valence-electron chi connectivity index (χ3n) is 6.67. The molecule has 0 bridgehead atoms. The summed E-state index contributed by atoms with van der Waals surface area (Å²) in [4.78, 5) is 19.5. The summed E-state index contributed by atoms with van der Waals surface area (Å²) in [5, 5.41) is 4.23. The molecule has 0 radical (unpaired) electrons. The Morgan fingerprint density at radius 3 is 2.50 bits per heavy atom. The number of benzene rings is 2. The molecule has 0 spiro atoms. The molecule has 1 aliphatic rings. The lowest BCUT2D eigenvalue weighted by molar-refractivity contribution is 0.0959. The van der Waals surface area contributed by atoms with Gasteiger partial charge in [-0.15, -0.1) is 0 Å². The van der Waals surface area contributed by atoms with Gasteiger partial charge in [-0.2, -0.15) is 0 Å². The molecular weight excluding hydrogens is 422 g/mol. The molecule has 5 heteroatoms. The average molecular weight is 452 g/mol. The minimum atomic E-state index is 0.225. The number of pyridine rings is 1. The maximum absolute atomic E-state index is 12.9. The Labute approximate surface area is 200 Å². The van der Waals surface area contributed by atoms with Crippen molar-refractivity contribution < 1.29 is 9.32 Å². The van der Waals surface area contributed by atoms with Crippen molar-refractivity contribution in [1.82, 2.24) is 15.0 Å². The highest BCUT2D eigenvalue weighted by Crippen LogP contribution is 2.26. The molecule has 0 N–H and O–H groups in total. The van der Waals surface area contributed by atoms with Crippen LogP contribution in [-0.2, 0) is 6.54 Å². The topological polar surface area (TPSA) is 59.2 Å². The third-order valence-corrected chi connectivity index (χ3v) is 6.67. The first-order chi connectivity index (χ1) is 16.7. The van der Waals surface area contributed by atoms with E-state index in [-0.39, 0.29) is 5.78 Å². The van der Waals surface area contributed by atoms with E-state index in [1.54, 1.807) is 6.20 Å². The van der Waals surface area contributed by atoms with Gasteiger partial charge in [0.15, 0.2) is 11.5 Å². The van der Waals surface area contributed by atoms with Crippen molar-refractivity contribution in [1.29, 1.82) is 0 Å². The Hall–Kier alpha value is -3.57. The summed E-state index contributed by atoms with van der Waals surface area (Å²) >= 11 is 0. The van der Waals surface area contributed by atoms with Crippen LogP contribution in [-0.4, -0.2) is 33.9 Å². The molecule has 5 nitrogen and oxygen atoms in total. The quantitative estimate of drug-likeness (QED) is 0.295. The van der Waals surface area contributed by atoms with Crippen LogP contribution in [0.2, 0.25) is 0 Å². The second-order valence-electron chi connectivity index (χ2n) is 9.05. The molecule has 5 rings (SSSR count). The summed E-state index contributed by atoms with van der Waals surface area (Å²) in [6, 6.07) is 24.0. The normalized spacial score (nSPS) is 14.8. The van der Waals surface area contributed by atoms with E-state index in [4.69, 9.17) is 4.52 Å². The molecule has 0 unspecified atom stereocenters. The lowest BCUT2D eigenvalue weighted by Gasteiger charge is -2.31. The predicted molar refractivity (Wildman–Crippen MR) is 133 cm³/mol. The second kappa shape index (κ2) is 10.6. The minimum absolute atomic E-state index is 0.225. The van der Waals surface area contributed by atoms with Gasteiger partial charge in [0.05, 0.1) is 6.54 Å². The highest BCUT2D eigenvalue weighted by Gasteiger charge is 2.21. The monoisotopic (exact) mass is 451 g/mol. The van der Waals surface area contributed by atoms with E-state index in [0.29, 0.717) is 12.3 Å². The van der Waals surface area contributed by atoms with Gasteiger partial charge in [0.1, 0.15) is 5.69 Å². The maximum Gasteiger partial charge on any atom is 0.162 e. The third kappa shape index (κ3) is 5.49. The number of ketones is 1. The number of carbonyl (C=O) groups is 1. The average Bonchev–Trinajstić information content (AvgIpc) is 3.38. The second-order valence-corrected chi connectivity index (χ2v) is 9.05. The van der Waals surface area contributed by atoms with Crippen molar-refractivity contribution in [3.05, 3.63) is 96.5 Å². The molecule has 1 aliphatic heterocycles. The van der Waals surface area contributed by atoms with Crippen LogP contribution in [0.4, 0.5) is 0 Å². The Morgan fingerprint density at radius 2 is 1.71 bits per heavy atom. The number of piperidine rings is 1. The Morgan fingerprint density at radius 1 is 0.912 bits per heavy atom. The number of nitrogens with zero attached hydrogens (tertiary/aromatic N) is 3. The molecular formula is C29H29N3O2. The van der Waals surface area contributed by atoms with Crippen LogP contribution in [0.15, 0.2) is 89.7 Å². The van der Waals surface area contributed by atoms with Crippen molar-refractivity contribution in [2.24, 2.45) is 5.92 Å². The van der Waals surface area contributed by atoms with Crippen LogP contribution in [0.25, 0.3) is 22.4 Å². The highest BCUT2D eigenvalue weighted by molar-refractivity contribution is 5.97. The molecule has 1 fully saturated rings. The van der Waals surface area contributed by atoms with Gasteiger partial charge in [-0.25, -0.2) is 0 Å². The molecule has 34 heavy (non-hydrogen) atoms. The van der Waals surface area contributed by atoms with Crippen molar-refractivity contribution in [3.63, 3.8) is 0 Å². The molecule has 2 aromatic heterocycles. The SMILES string of the molecule is O=C(CCC1CCN(Cc2cc(-c3ccccc3)no2)CC1)c1cccc(-c2cccnc2)c1. The zero-order valence-electron chi connectivity index (χ0n) is 19.3. The summed E-state index contributed by atoms with van der Waals surface area (Å²) in [6.45, 7) is 2.83. The van der Waals surface area contributed by atoms with Gasteiger partial charge in [0.25, 0.3) is 0 Å². The van der Waals surface area contributed by atoms with Crippen LogP contribution < -0.4 is 0 Å². The van der Waals surface area contributed by atoms with Gasteiger partial charge in [-0.3, -0.25) is 14.7 Å². The largest absolute Gasteiger partial charge is 0.359 e. The lowest BCUT2D eigenvalue weighted by Crippen LogP contribution is -2.33. The number of hydrogen-bond donors (Lipinski definition) is 0. The molecule has 3 heterocycles. The number of carbonyl (C=O) groups excluding carboxylic acids is 1. The standard InChI is InChI=1S/C29H29N3O2/c33-29(25-9-4-8-24(18-25)26-10-5-15-30-20-26)12-11-22-13-16-32(17-14-22)21-27-19-28(31-34-27)23-6-2-1-3-7-23/h1-10,15,18-20,22H,11-14,16-17,21H2. The summed E-state index contributed by atoms with van der Waals surface area (Å²) in [6.07, 6.45) is 7.37. The minimum Gasteiger partial charge on any atom is -0.359 e. The van der Waals surface area contributed by atoms with Crippen LogP contribution in [0.5, 0.6) is 0 Å². The van der Waals surface area contributed by atoms with Crippen LogP contribution in [0.3, 0.4) is 0 Å².